The van der Waals surface area contributed by atoms with Crippen LogP contribution in [0.3, 0.4) is 0 Å². The summed E-state index contributed by atoms with van der Waals surface area (Å²) in [5.41, 5.74) is 2.87. The average Bonchev–Trinajstić information content (AvgIpc) is 3.50. The summed E-state index contributed by atoms with van der Waals surface area (Å²) in [6.45, 7) is 2.19. The second-order valence-electron chi connectivity index (χ2n) is 10.6. The summed E-state index contributed by atoms with van der Waals surface area (Å²) in [6, 6.07) is 1.41. The van der Waals surface area contributed by atoms with E-state index >= 15 is 0 Å². The first kappa shape index (κ1) is 16.7. The molecule has 2 spiro atoms. The minimum absolute atomic E-state index is 0.161. The zero-order valence-corrected chi connectivity index (χ0v) is 17.0. The van der Waals surface area contributed by atoms with E-state index in [1.807, 2.05) is 0 Å². The van der Waals surface area contributed by atoms with Crippen LogP contribution >= 0.6 is 0 Å². The Morgan fingerprint density at radius 2 is 1.63 bits per heavy atom. The predicted molar refractivity (Wildman–Crippen MR) is 106 cm³/mol. The van der Waals surface area contributed by atoms with Crippen LogP contribution in [0.1, 0.15) is 44.9 Å². The zero-order chi connectivity index (χ0) is 19.8. The van der Waals surface area contributed by atoms with Gasteiger partial charge >= 0.3 is 11.9 Å². The molecule has 0 radical (unpaired) electrons. The van der Waals surface area contributed by atoms with Crippen LogP contribution in [0.25, 0.3) is 0 Å². The lowest BCUT2D eigenvalue weighted by atomic mass is 9.66. The Morgan fingerprint density at radius 3 is 2.50 bits per heavy atom. The van der Waals surface area contributed by atoms with Gasteiger partial charge in [-0.3, -0.25) is 9.80 Å². The Bertz CT molecular complexity index is 1010. The van der Waals surface area contributed by atoms with Crippen molar-refractivity contribution < 1.29 is 19.1 Å². The van der Waals surface area contributed by atoms with Gasteiger partial charge in [-0.15, -0.1) is 0 Å². The molecule has 8 rings (SSSR count). The van der Waals surface area contributed by atoms with E-state index in [-0.39, 0.29) is 17.5 Å². The van der Waals surface area contributed by atoms with Crippen LogP contribution in [-0.4, -0.2) is 70.2 Å². The molecule has 0 aromatic carbocycles. The van der Waals surface area contributed by atoms with E-state index in [9.17, 15) is 9.59 Å². The number of fused-ring (bicyclic) bond motifs is 6. The van der Waals surface area contributed by atoms with E-state index in [1.165, 1.54) is 24.0 Å². The van der Waals surface area contributed by atoms with Gasteiger partial charge in [0.05, 0.1) is 12.1 Å². The first-order valence-corrected chi connectivity index (χ1v) is 11.7. The Morgan fingerprint density at radius 1 is 0.900 bits per heavy atom. The maximum atomic E-state index is 12.5. The van der Waals surface area contributed by atoms with Crippen molar-refractivity contribution in [3.05, 3.63) is 34.9 Å². The maximum Gasteiger partial charge on any atom is 0.332 e. The fraction of sp³-hybridized carbons (Fsp3) is 0.667. The molecule has 6 nitrogen and oxygen atoms in total. The minimum atomic E-state index is -0.434. The highest BCUT2D eigenvalue weighted by atomic mass is 16.6. The molecule has 0 aromatic rings. The third-order valence-corrected chi connectivity index (χ3v) is 9.65. The molecule has 1 unspecified atom stereocenters. The van der Waals surface area contributed by atoms with Crippen molar-refractivity contribution in [1.82, 2.24) is 9.80 Å². The molecule has 2 aliphatic carbocycles. The molecule has 0 aromatic heterocycles. The van der Waals surface area contributed by atoms with Gasteiger partial charge in [0.15, 0.2) is 11.2 Å². The van der Waals surface area contributed by atoms with Crippen molar-refractivity contribution in [2.75, 3.05) is 13.1 Å². The molecule has 5 fully saturated rings. The molecule has 7 atom stereocenters. The zero-order valence-electron chi connectivity index (χ0n) is 17.0. The molecule has 156 valence electrons. The fourth-order valence-electron chi connectivity index (χ4n) is 8.80. The van der Waals surface area contributed by atoms with Gasteiger partial charge in [0.2, 0.25) is 0 Å². The lowest BCUT2D eigenvalue weighted by Crippen LogP contribution is -2.46. The molecule has 6 heterocycles. The smallest absolute Gasteiger partial charge is 0.332 e. The van der Waals surface area contributed by atoms with E-state index in [2.05, 4.69) is 15.9 Å². The largest absolute Gasteiger partial charge is 0.450 e. The van der Waals surface area contributed by atoms with E-state index < -0.39 is 5.60 Å². The Labute approximate surface area is 175 Å². The molecule has 4 bridgehead atoms. The van der Waals surface area contributed by atoms with Crippen molar-refractivity contribution in [3.63, 3.8) is 0 Å². The number of carbonyl (C=O) groups is 2. The fourth-order valence-corrected chi connectivity index (χ4v) is 8.80. The lowest BCUT2D eigenvalue weighted by Gasteiger charge is -2.42. The van der Waals surface area contributed by atoms with Gasteiger partial charge in [0.1, 0.15) is 0 Å². The summed E-state index contributed by atoms with van der Waals surface area (Å²) in [7, 11) is 0. The first-order valence-electron chi connectivity index (χ1n) is 11.7. The molecule has 30 heavy (non-hydrogen) atoms. The highest BCUT2D eigenvalue weighted by Gasteiger charge is 2.68. The van der Waals surface area contributed by atoms with Crippen LogP contribution in [-0.2, 0) is 19.1 Å². The second-order valence-corrected chi connectivity index (χ2v) is 10.6. The summed E-state index contributed by atoms with van der Waals surface area (Å²) < 4.78 is 12.1. The van der Waals surface area contributed by atoms with E-state index in [0.717, 1.165) is 50.8 Å². The Balaban J connectivity index is 1.27. The van der Waals surface area contributed by atoms with Crippen molar-refractivity contribution in [2.45, 2.75) is 80.3 Å². The molecule has 1 saturated carbocycles. The molecule has 4 saturated heterocycles. The number of carbonyl (C=O) groups excluding carboxylic acids is 2. The summed E-state index contributed by atoms with van der Waals surface area (Å²) >= 11 is 0. The van der Waals surface area contributed by atoms with Crippen LogP contribution < -0.4 is 0 Å². The molecule has 0 amide bonds. The quantitative estimate of drug-likeness (QED) is 0.620. The highest BCUT2D eigenvalue weighted by Crippen LogP contribution is 2.61. The molecule has 8 aliphatic rings. The Kier molecular flexibility index (Phi) is 2.85. The number of rotatable bonds is 1. The van der Waals surface area contributed by atoms with Gasteiger partial charge in [-0.2, -0.15) is 0 Å². The van der Waals surface area contributed by atoms with Crippen LogP contribution in [0.15, 0.2) is 34.9 Å². The summed E-state index contributed by atoms with van der Waals surface area (Å²) in [4.78, 5) is 30.1. The highest BCUT2D eigenvalue weighted by molar-refractivity contribution is 5.90. The Hall–Kier alpha value is -1.92. The molecular weight excluding hydrogens is 380 g/mol. The van der Waals surface area contributed by atoms with Gasteiger partial charge in [-0.25, -0.2) is 9.59 Å². The van der Waals surface area contributed by atoms with Gasteiger partial charge in [-0.1, -0.05) is 6.08 Å². The van der Waals surface area contributed by atoms with Crippen molar-refractivity contribution in [2.24, 2.45) is 5.92 Å². The standard InChI is InChI=1S/C24H26N2O4/c27-21-8-13-7-16(18-12-23(13,29-21)19-3-2-6-26(18)19)15-9-14-11-24(17(15)10-22(28)30-24)20-4-1-5-25(14)20/h8-10,14,16,18-20H,1-7,11-12H2/t14-,16?,18+,19-,20-,23+,24+/m1/s1. The van der Waals surface area contributed by atoms with Crippen LogP contribution in [0.5, 0.6) is 0 Å². The molecule has 6 aliphatic heterocycles. The molecular formula is C24H26N2O4. The van der Waals surface area contributed by atoms with Crippen LogP contribution in [0, 0.1) is 5.92 Å². The number of nitrogens with zero attached hydrogens (tertiary/aromatic N) is 2. The summed E-state index contributed by atoms with van der Waals surface area (Å²) in [5, 5.41) is 0. The minimum Gasteiger partial charge on any atom is -0.450 e. The first-order chi connectivity index (χ1) is 14.6. The average molecular weight is 406 g/mol. The lowest BCUT2D eigenvalue weighted by molar-refractivity contribution is -0.148. The third kappa shape index (κ3) is 1.71. The van der Waals surface area contributed by atoms with Crippen LogP contribution in [0.4, 0.5) is 0 Å². The number of esters is 2. The van der Waals surface area contributed by atoms with E-state index in [1.54, 1.807) is 12.2 Å². The monoisotopic (exact) mass is 406 g/mol. The summed E-state index contributed by atoms with van der Waals surface area (Å²) in [6.07, 6.45) is 13.3. The van der Waals surface area contributed by atoms with E-state index in [4.69, 9.17) is 9.47 Å². The third-order valence-electron chi connectivity index (χ3n) is 9.65. The van der Waals surface area contributed by atoms with Gasteiger partial charge in [0.25, 0.3) is 0 Å². The van der Waals surface area contributed by atoms with E-state index in [0.29, 0.717) is 30.1 Å². The normalized spacial score (nSPS) is 50.4. The van der Waals surface area contributed by atoms with Gasteiger partial charge in [-0.05, 0) is 56.3 Å². The topological polar surface area (TPSA) is 59.1 Å². The van der Waals surface area contributed by atoms with Gasteiger partial charge < -0.3 is 9.47 Å². The summed E-state index contributed by atoms with van der Waals surface area (Å²) in [5.74, 6) is -0.0176. The molecule has 6 heteroatoms. The van der Waals surface area contributed by atoms with Crippen LogP contribution in [0.2, 0.25) is 0 Å². The maximum absolute atomic E-state index is 12.5. The van der Waals surface area contributed by atoms with Crippen molar-refractivity contribution in [1.29, 1.82) is 0 Å². The predicted octanol–water partition coefficient (Wildman–Crippen LogP) is 1.86. The SMILES string of the molecule is O=C1C=C2C(C3CC4=CC(=O)O[C@@]45C[C@@H]3N3CCC[C@@H]35)=C[C@@H]3C[C@@]2(O1)[C@H]1CCCN31. The second kappa shape index (κ2) is 5.10. The van der Waals surface area contributed by atoms with Crippen molar-refractivity contribution >= 4 is 11.9 Å². The number of hydrogen-bond acceptors (Lipinski definition) is 6. The van der Waals surface area contributed by atoms with Crippen molar-refractivity contribution in [3.8, 4) is 0 Å². The van der Waals surface area contributed by atoms with Gasteiger partial charge in [0, 0.05) is 48.6 Å². The number of ether oxygens (including phenoxy) is 2. The number of hydrogen-bond donors (Lipinski definition) is 0. The molecule has 0 N–H and O–H groups in total.